The Morgan fingerprint density at radius 2 is 1.85 bits per heavy atom. The summed E-state index contributed by atoms with van der Waals surface area (Å²) in [6, 6.07) is -0.391. The second-order valence-electron chi connectivity index (χ2n) is 3.07. The van der Waals surface area contributed by atoms with Crippen molar-refractivity contribution in [2.45, 2.75) is 33.0 Å². The van der Waals surface area contributed by atoms with E-state index in [4.69, 9.17) is 0 Å². The van der Waals surface area contributed by atoms with E-state index in [9.17, 15) is 13.2 Å². The van der Waals surface area contributed by atoms with E-state index >= 15 is 0 Å². The molecule has 0 aromatic carbocycles. The van der Waals surface area contributed by atoms with Crippen molar-refractivity contribution in [1.82, 2.24) is 5.32 Å². The molecule has 0 saturated heterocycles. The molecule has 1 atom stereocenters. The van der Waals surface area contributed by atoms with Crippen LogP contribution < -0.4 is 5.32 Å². The van der Waals surface area contributed by atoms with Crippen molar-refractivity contribution < 1.29 is 13.2 Å². The van der Waals surface area contributed by atoms with Crippen LogP contribution in [0.3, 0.4) is 0 Å². The highest BCUT2D eigenvalue weighted by Crippen LogP contribution is 2.29. The lowest BCUT2D eigenvalue weighted by Gasteiger charge is -2.24. The highest BCUT2D eigenvalue weighted by Gasteiger charge is 2.38. The van der Waals surface area contributed by atoms with Gasteiger partial charge in [0.15, 0.2) is 0 Å². The van der Waals surface area contributed by atoms with Gasteiger partial charge in [-0.05, 0) is 26.3 Å². The van der Waals surface area contributed by atoms with Gasteiger partial charge in [-0.15, -0.1) is 0 Å². The van der Waals surface area contributed by atoms with Crippen molar-refractivity contribution in [3.8, 4) is 0 Å². The van der Waals surface area contributed by atoms with Crippen molar-refractivity contribution in [3.63, 3.8) is 0 Å². The molecule has 2 nitrogen and oxygen atoms in total. The van der Waals surface area contributed by atoms with E-state index in [1.165, 1.54) is 13.8 Å². The maximum absolute atomic E-state index is 12.4. The summed E-state index contributed by atoms with van der Waals surface area (Å²) in [6.45, 7) is 4.61. The van der Waals surface area contributed by atoms with Gasteiger partial charge in [-0.25, -0.2) is 0 Å². The predicted molar refractivity (Wildman–Crippen MR) is 44.5 cm³/mol. The molecule has 1 rings (SSSR count). The number of rotatable bonds is 0. The van der Waals surface area contributed by atoms with Crippen molar-refractivity contribution >= 4 is 5.84 Å². The van der Waals surface area contributed by atoms with E-state index in [0.717, 1.165) is 0 Å². The minimum atomic E-state index is -4.31. The number of amidine groups is 1. The first-order valence-corrected chi connectivity index (χ1v) is 3.91. The molecule has 1 N–H and O–H groups in total. The molecule has 0 spiro atoms. The standard InChI is InChI=1S/C8H11F3N2/c1-4-5(2)12-6(3)13-7(4)8(9,10)11/h5H,1-3H3,(H,12,13). The molecule has 74 valence electrons. The number of nitrogens with zero attached hydrogens (tertiary/aromatic N) is 1. The van der Waals surface area contributed by atoms with Gasteiger partial charge >= 0.3 is 6.18 Å². The molecule has 1 aliphatic rings. The first-order valence-electron chi connectivity index (χ1n) is 3.91. The lowest BCUT2D eigenvalue weighted by atomic mass is 10.1. The van der Waals surface area contributed by atoms with Crippen LogP contribution in [0.2, 0.25) is 0 Å². The van der Waals surface area contributed by atoms with Gasteiger partial charge in [-0.3, -0.25) is 4.99 Å². The van der Waals surface area contributed by atoms with Gasteiger partial charge in [0.2, 0.25) is 0 Å². The second kappa shape index (κ2) is 3.05. The summed E-state index contributed by atoms with van der Waals surface area (Å²) >= 11 is 0. The van der Waals surface area contributed by atoms with Crippen LogP contribution in [0.25, 0.3) is 0 Å². The lowest BCUT2D eigenvalue weighted by Crippen LogP contribution is -2.36. The average Bonchev–Trinajstić information content (AvgIpc) is 1.94. The zero-order valence-corrected chi connectivity index (χ0v) is 7.66. The Balaban J connectivity index is 3.03. The van der Waals surface area contributed by atoms with Gasteiger partial charge in [-0.1, -0.05) is 0 Å². The van der Waals surface area contributed by atoms with Gasteiger partial charge in [0.1, 0.15) is 5.70 Å². The molecule has 0 fully saturated rings. The molecule has 0 amide bonds. The average molecular weight is 192 g/mol. The van der Waals surface area contributed by atoms with Gasteiger partial charge in [0.05, 0.1) is 11.9 Å². The zero-order chi connectivity index (χ0) is 10.2. The third kappa shape index (κ3) is 2.02. The van der Waals surface area contributed by atoms with Crippen LogP contribution in [-0.2, 0) is 0 Å². The minimum Gasteiger partial charge on any atom is -0.340 e. The van der Waals surface area contributed by atoms with E-state index < -0.39 is 17.9 Å². The summed E-state index contributed by atoms with van der Waals surface area (Å²) in [5.74, 6) is 0.311. The van der Waals surface area contributed by atoms with E-state index in [1.807, 2.05) is 0 Å². The molecule has 0 aromatic heterocycles. The van der Waals surface area contributed by atoms with E-state index in [0.29, 0.717) is 5.84 Å². The molecule has 0 aliphatic carbocycles. The van der Waals surface area contributed by atoms with Crippen LogP contribution in [0.5, 0.6) is 0 Å². The van der Waals surface area contributed by atoms with Crippen LogP contribution in [-0.4, -0.2) is 18.1 Å². The Hall–Kier alpha value is -1.00. The maximum atomic E-state index is 12.4. The molecular formula is C8H11F3N2. The summed E-state index contributed by atoms with van der Waals surface area (Å²) in [5, 5.41) is 2.24. The number of hydrogen-bond donors (Lipinski definition) is 1. The third-order valence-electron chi connectivity index (χ3n) is 2.00. The van der Waals surface area contributed by atoms with Crippen molar-refractivity contribution in [1.29, 1.82) is 0 Å². The number of aliphatic imine (C=N–C) groups is 1. The molecule has 1 heterocycles. The fourth-order valence-corrected chi connectivity index (χ4v) is 1.20. The van der Waals surface area contributed by atoms with Crippen LogP contribution in [0, 0.1) is 0 Å². The van der Waals surface area contributed by atoms with Crippen LogP contribution in [0.15, 0.2) is 16.3 Å². The number of alkyl halides is 3. The zero-order valence-electron chi connectivity index (χ0n) is 7.66. The summed E-state index contributed by atoms with van der Waals surface area (Å²) in [4.78, 5) is 3.98. The Kier molecular flexibility index (Phi) is 2.36. The SMILES string of the molecule is CC1=NC(C)C(C)=C(C(F)(F)F)N1. The first kappa shape index (κ1) is 10.1. The molecule has 0 saturated carbocycles. The number of allylic oxidation sites excluding steroid dienone is 1. The molecule has 0 bridgehead atoms. The van der Waals surface area contributed by atoms with Gasteiger partial charge < -0.3 is 5.32 Å². The third-order valence-corrected chi connectivity index (χ3v) is 2.00. The summed E-state index contributed by atoms with van der Waals surface area (Å²) in [7, 11) is 0. The van der Waals surface area contributed by atoms with E-state index in [1.54, 1.807) is 6.92 Å². The van der Waals surface area contributed by atoms with Gasteiger partial charge in [0.25, 0.3) is 0 Å². The number of nitrogens with one attached hydrogen (secondary N) is 1. The van der Waals surface area contributed by atoms with Crippen molar-refractivity contribution in [2.75, 3.05) is 0 Å². The Morgan fingerprint density at radius 3 is 2.31 bits per heavy atom. The highest BCUT2D eigenvalue weighted by molar-refractivity contribution is 5.83. The monoisotopic (exact) mass is 192 g/mol. The normalized spacial score (nSPS) is 24.2. The smallest absolute Gasteiger partial charge is 0.340 e. The minimum absolute atomic E-state index is 0.234. The van der Waals surface area contributed by atoms with E-state index in [2.05, 4.69) is 10.3 Å². The Bertz CT molecular complexity index is 276. The van der Waals surface area contributed by atoms with Crippen molar-refractivity contribution in [3.05, 3.63) is 11.3 Å². The Morgan fingerprint density at radius 1 is 1.31 bits per heavy atom. The fourth-order valence-electron chi connectivity index (χ4n) is 1.20. The molecule has 5 heteroatoms. The second-order valence-corrected chi connectivity index (χ2v) is 3.07. The lowest BCUT2D eigenvalue weighted by molar-refractivity contribution is -0.0962. The number of hydrogen-bond acceptors (Lipinski definition) is 2. The number of halogens is 3. The van der Waals surface area contributed by atoms with Gasteiger partial charge in [-0.2, -0.15) is 13.2 Å². The van der Waals surface area contributed by atoms with Crippen LogP contribution >= 0.6 is 0 Å². The summed E-state index contributed by atoms with van der Waals surface area (Å²) < 4.78 is 37.1. The van der Waals surface area contributed by atoms with E-state index in [-0.39, 0.29) is 5.57 Å². The maximum Gasteiger partial charge on any atom is 0.431 e. The molecule has 0 radical (unpaired) electrons. The summed E-state index contributed by atoms with van der Waals surface area (Å²) in [5.41, 5.74) is -0.439. The van der Waals surface area contributed by atoms with Gasteiger partial charge in [0, 0.05) is 0 Å². The largest absolute Gasteiger partial charge is 0.431 e. The van der Waals surface area contributed by atoms with Crippen molar-refractivity contribution in [2.24, 2.45) is 4.99 Å². The molecular weight excluding hydrogens is 181 g/mol. The molecule has 13 heavy (non-hydrogen) atoms. The predicted octanol–water partition coefficient (Wildman–Crippen LogP) is 2.23. The Labute approximate surface area is 74.5 Å². The highest BCUT2D eigenvalue weighted by atomic mass is 19.4. The van der Waals surface area contributed by atoms with Crippen LogP contribution in [0.4, 0.5) is 13.2 Å². The topological polar surface area (TPSA) is 24.4 Å². The summed E-state index contributed by atoms with van der Waals surface area (Å²) in [6.07, 6.45) is -4.31. The van der Waals surface area contributed by atoms with Crippen LogP contribution in [0.1, 0.15) is 20.8 Å². The first-order chi connectivity index (χ1) is 5.82. The molecule has 0 aromatic rings. The molecule has 1 unspecified atom stereocenters. The fraction of sp³-hybridized carbons (Fsp3) is 0.625. The molecule has 1 aliphatic heterocycles. The quantitative estimate of drug-likeness (QED) is 0.625.